The van der Waals surface area contributed by atoms with E-state index in [1.165, 1.54) is 5.56 Å². The number of fused-ring (bicyclic) bond motifs is 1. The van der Waals surface area contributed by atoms with Crippen LogP contribution in [0.25, 0.3) is 0 Å². The summed E-state index contributed by atoms with van der Waals surface area (Å²) in [5.74, 6) is 1.69. The van der Waals surface area contributed by atoms with Gasteiger partial charge in [0.05, 0.1) is 11.2 Å². The zero-order chi connectivity index (χ0) is 15.1. The molecule has 1 saturated heterocycles. The van der Waals surface area contributed by atoms with Crippen molar-refractivity contribution in [2.75, 3.05) is 6.79 Å². The number of benzene rings is 1. The Labute approximate surface area is 126 Å². The van der Waals surface area contributed by atoms with E-state index in [4.69, 9.17) is 18.8 Å². The lowest BCUT2D eigenvalue weighted by Gasteiger charge is -2.32. The first-order chi connectivity index (χ1) is 9.87. The van der Waals surface area contributed by atoms with Crippen LogP contribution in [0.2, 0.25) is 6.32 Å². The van der Waals surface area contributed by atoms with Crippen LogP contribution in [-0.4, -0.2) is 25.1 Å². The van der Waals surface area contributed by atoms with Gasteiger partial charge in [0, 0.05) is 0 Å². The largest absolute Gasteiger partial charge is 0.457 e. The van der Waals surface area contributed by atoms with Crippen LogP contribution in [0.3, 0.4) is 0 Å². The third-order valence-corrected chi connectivity index (χ3v) is 4.64. The Hall–Kier alpha value is -1.20. The normalized spacial score (nSPS) is 21.8. The summed E-state index contributed by atoms with van der Waals surface area (Å²) in [5.41, 5.74) is 0.781. The van der Waals surface area contributed by atoms with Crippen molar-refractivity contribution in [1.82, 2.24) is 0 Å². The predicted octanol–water partition coefficient (Wildman–Crippen LogP) is 3.44. The number of hydrogen-bond acceptors (Lipinski definition) is 4. The molecule has 0 unspecified atom stereocenters. The second kappa shape index (κ2) is 5.22. The first-order valence-corrected chi connectivity index (χ1v) is 7.62. The molecule has 1 aromatic rings. The quantitative estimate of drug-likeness (QED) is 0.796. The van der Waals surface area contributed by atoms with Crippen molar-refractivity contribution in [3.8, 4) is 11.5 Å². The van der Waals surface area contributed by atoms with Crippen LogP contribution in [0, 0.1) is 0 Å². The van der Waals surface area contributed by atoms with Gasteiger partial charge in [-0.15, -0.1) is 0 Å². The topological polar surface area (TPSA) is 36.9 Å². The molecule has 0 spiro atoms. The monoisotopic (exact) mass is 290 g/mol. The van der Waals surface area contributed by atoms with Gasteiger partial charge < -0.3 is 18.8 Å². The van der Waals surface area contributed by atoms with Crippen molar-refractivity contribution in [3.05, 3.63) is 23.8 Å². The number of hydrogen-bond donors (Lipinski definition) is 0. The molecule has 0 aromatic heterocycles. The second-order valence-corrected chi connectivity index (χ2v) is 6.77. The van der Waals surface area contributed by atoms with E-state index in [2.05, 4.69) is 39.8 Å². The molecule has 114 valence electrons. The van der Waals surface area contributed by atoms with Gasteiger partial charge in [0.1, 0.15) is 0 Å². The fourth-order valence-electron chi connectivity index (χ4n) is 2.65. The molecule has 2 aliphatic rings. The molecule has 0 radical (unpaired) electrons. The molecule has 0 amide bonds. The Morgan fingerprint density at radius 1 is 1.00 bits per heavy atom. The average Bonchev–Trinajstić information content (AvgIpc) is 2.91. The van der Waals surface area contributed by atoms with Crippen molar-refractivity contribution >= 4 is 7.12 Å². The van der Waals surface area contributed by atoms with Crippen molar-refractivity contribution in [2.45, 2.75) is 58.1 Å². The summed E-state index contributed by atoms with van der Waals surface area (Å²) in [6.07, 6.45) is 2.92. The zero-order valence-corrected chi connectivity index (χ0v) is 13.3. The van der Waals surface area contributed by atoms with Gasteiger partial charge in [0.2, 0.25) is 6.79 Å². The molecular formula is C16H23BO4. The molecule has 5 heteroatoms. The molecule has 21 heavy (non-hydrogen) atoms. The van der Waals surface area contributed by atoms with E-state index in [1.807, 2.05) is 6.07 Å². The van der Waals surface area contributed by atoms with Crippen LogP contribution in [-0.2, 0) is 15.7 Å². The molecule has 2 aliphatic heterocycles. The standard InChI is InChI=1S/C16H23BO4/c1-15(2)16(3,4)21-17(20-15)9-5-6-12-7-8-13-14(10-12)19-11-18-13/h7-8,10H,5-6,9,11H2,1-4H3. The molecule has 0 N–H and O–H groups in total. The lowest BCUT2D eigenvalue weighted by molar-refractivity contribution is 0.00578. The van der Waals surface area contributed by atoms with E-state index >= 15 is 0 Å². The fraction of sp³-hybridized carbons (Fsp3) is 0.625. The van der Waals surface area contributed by atoms with Crippen molar-refractivity contribution in [1.29, 1.82) is 0 Å². The van der Waals surface area contributed by atoms with Crippen LogP contribution in [0.15, 0.2) is 18.2 Å². The third kappa shape index (κ3) is 2.90. The van der Waals surface area contributed by atoms with Crippen LogP contribution in [0.4, 0.5) is 0 Å². The molecule has 1 fully saturated rings. The Balaban J connectivity index is 1.51. The van der Waals surface area contributed by atoms with Gasteiger partial charge in [-0.25, -0.2) is 0 Å². The van der Waals surface area contributed by atoms with E-state index in [0.29, 0.717) is 6.79 Å². The Morgan fingerprint density at radius 2 is 1.67 bits per heavy atom. The van der Waals surface area contributed by atoms with Crippen molar-refractivity contribution in [3.63, 3.8) is 0 Å². The summed E-state index contributed by atoms with van der Waals surface area (Å²) in [6.45, 7) is 8.68. The minimum atomic E-state index is -0.240. The van der Waals surface area contributed by atoms with Gasteiger partial charge in [-0.2, -0.15) is 0 Å². The molecule has 0 saturated carbocycles. The van der Waals surface area contributed by atoms with E-state index in [0.717, 1.165) is 30.7 Å². The van der Waals surface area contributed by atoms with E-state index < -0.39 is 0 Å². The fourth-order valence-corrected chi connectivity index (χ4v) is 2.65. The minimum Gasteiger partial charge on any atom is -0.454 e. The van der Waals surface area contributed by atoms with Crippen LogP contribution < -0.4 is 9.47 Å². The molecule has 3 rings (SSSR count). The maximum absolute atomic E-state index is 6.01. The highest BCUT2D eigenvalue weighted by Gasteiger charge is 2.50. The third-order valence-electron chi connectivity index (χ3n) is 4.64. The summed E-state index contributed by atoms with van der Waals surface area (Å²) in [5, 5.41) is 0. The smallest absolute Gasteiger partial charge is 0.454 e. The highest BCUT2D eigenvalue weighted by atomic mass is 16.7. The first-order valence-electron chi connectivity index (χ1n) is 7.62. The van der Waals surface area contributed by atoms with Gasteiger partial charge in [-0.1, -0.05) is 12.5 Å². The maximum atomic E-state index is 6.01. The molecule has 0 aliphatic carbocycles. The molecule has 0 atom stereocenters. The summed E-state index contributed by atoms with van der Waals surface area (Å²) in [7, 11) is -0.107. The zero-order valence-electron chi connectivity index (χ0n) is 13.3. The summed E-state index contributed by atoms with van der Waals surface area (Å²) >= 11 is 0. The summed E-state index contributed by atoms with van der Waals surface area (Å²) in [4.78, 5) is 0. The molecule has 0 bridgehead atoms. The summed E-state index contributed by atoms with van der Waals surface area (Å²) < 4.78 is 22.7. The molecular weight excluding hydrogens is 267 g/mol. The van der Waals surface area contributed by atoms with Crippen molar-refractivity contribution in [2.24, 2.45) is 0 Å². The minimum absolute atomic E-state index is 0.107. The van der Waals surface area contributed by atoms with Gasteiger partial charge >= 0.3 is 7.12 Å². The SMILES string of the molecule is CC1(C)OB(CCCc2ccc3c(c2)OCO3)OC1(C)C. The Bertz CT molecular complexity index is 511. The molecule has 4 nitrogen and oxygen atoms in total. The average molecular weight is 290 g/mol. The lowest BCUT2D eigenvalue weighted by Crippen LogP contribution is -2.41. The Kier molecular flexibility index (Phi) is 3.66. The van der Waals surface area contributed by atoms with E-state index in [1.54, 1.807) is 0 Å². The number of rotatable bonds is 4. The predicted molar refractivity (Wildman–Crippen MR) is 81.8 cm³/mol. The van der Waals surface area contributed by atoms with E-state index in [-0.39, 0.29) is 18.3 Å². The number of aryl methyl sites for hydroxylation is 1. The highest BCUT2D eigenvalue weighted by molar-refractivity contribution is 6.45. The van der Waals surface area contributed by atoms with Crippen LogP contribution >= 0.6 is 0 Å². The lowest BCUT2D eigenvalue weighted by atomic mass is 9.82. The maximum Gasteiger partial charge on any atom is 0.457 e. The second-order valence-electron chi connectivity index (χ2n) is 6.77. The summed E-state index contributed by atoms with van der Waals surface area (Å²) in [6, 6.07) is 6.14. The van der Waals surface area contributed by atoms with Crippen LogP contribution in [0.1, 0.15) is 39.7 Å². The molecule has 2 heterocycles. The van der Waals surface area contributed by atoms with Gasteiger partial charge in [-0.05, 0) is 58.1 Å². The Morgan fingerprint density at radius 3 is 2.38 bits per heavy atom. The van der Waals surface area contributed by atoms with Crippen molar-refractivity contribution < 1.29 is 18.8 Å². The molecule has 1 aromatic carbocycles. The van der Waals surface area contributed by atoms with Crippen LogP contribution in [0.5, 0.6) is 11.5 Å². The van der Waals surface area contributed by atoms with Gasteiger partial charge in [-0.3, -0.25) is 0 Å². The van der Waals surface area contributed by atoms with Gasteiger partial charge in [0.15, 0.2) is 11.5 Å². The van der Waals surface area contributed by atoms with Gasteiger partial charge in [0.25, 0.3) is 0 Å². The number of ether oxygens (including phenoxy) is 2. The van der Waals surface area contributed by atoms with E-state index in [9.17, 15) is 0 Å². The first kappa shape index (κ1) is 14.7. The highest BCUT2D eigenvalue weighted by Crippen LogP contribution is 2.38.